The maximum Gasteiger partial charge on any atom is 0.294 e. The highest BCUT2D eigenvalue weighted by Crippen LogP contribution is 2.08. The summed E-state index contributed by atoms with van der Waals surface area (Å²) < 4.78 is 29.3. The molecule has 4 aromatic heterocycles. The van der Waals surface area contributed by atoms with Gasteiger partial charge in [0.25, 0.3) is 21.2 Å². The number of aromatic nitrogens is 6. The van der Waals surface area contributed by atoms with Crippen molar-refractivity contribution in [2.75, 3.05) is 43.1 Å². The normalized spacial score (nSPS) is 10.6. The zero-order valence-corrected chi connectivity index (χ0v) is 34.9. The first-order valence-corrected chi connectivity index (χ1v) is 21.2. The highest BCUT2D eigenvalue weighted by atomic mass is 35.5. The fourth-order valence-corrected chi connectivity index (χ4v) is 6.02. The monoisotopic (exact) mass is 878 g/mol. The molecular weight excluding hydrogens is 827 g/mol. The van der Waals surface area contributed by atoms with Gasteiger partial charge in [0.05, 0.1) is 31.8 Å². The van der Waals surface area contributed by atoms with E-state index < -0.39 is 15.7 Å². The third-order valence-corrected chi connectivity index (χ3v) is 9.38. The molecule has 6 rings (SSSR count). The molecule has 0 fully saturated rings. The van der Waals surface area contributed by atoms with Crippen LogP contribution in [-0.2, 0) is 53.3 Å². The maximum atomic E-state index is 12.6. The van der Waals surface area contributed by atoms with Gasteiger partial charge in [-0.1, -0.05) is 103 Å². The lowest BCUT2D eigenvalue weighted by molar-refractivity contribution is 0.302. The third kappa shape index (κ3) is 17.8. The van der Waals surface area contributed by atoms with Gasteiger partial charge >= 0.3 is 0 Å². The van der Waals surface area contributed by atoms with E-state index in [-0.39, 0.29) is 37.1 Å². The first-order chi connectivity index (χ1) is 28.5. The van der Waals surface area contributed by atoms with Crippen LogP contribution in [0.15, 0.2) is 131 Å². The number of halogens is 2. The number of nitrogens with one attached hydrogen (secondary N) is 3. The van der Waals surface area contributed by atoms with Gasteiger partial charge in [-0.2, -0.15) is 8.42 Å². The van der Waals surface area contributed by atoms with E-state index in [9.17, 15) is 18.0 Å². The van der Waals surface area contributed by atoms with Crippen LogP contribution in [0.1, 0.15) is 29.9 Å². The van der Waals surface area contributed by atoms with Crippen molar-refractivity contribution < 1.29 is 12.6 Å². The number of rotatable bonds is 18. The van der Waals surface area contributed by atoms with E-state index in [1.165, 1.54) is 32.7 Å². The molecule has 5 N–H and O–H groups in total. The first kappa shape index (κ1) is 48.9. The zero-order chi connectivity index (χ0) is 42.3. The molecule has 0 aliphatic carbocycles. The average molecular weight is 880 g/mol. The number of hydrogen-bond donors (Lipinski definition) is 4. The fourth-order valence-electron chi connectivity index (χ4n) is 5.22. The Bertz CT molecular complexity index is 2360. The third-order valence-electron chi connectivity index (χ3n) is 8.19. The molecule has 4 heterocycles. The summed E-state index contributed by atoms with van der Waals surface area (Å²) >= 11 is 12.1. The average Bonchev–Trinajstić information content (AvgIpc) is 3.25. The molecule has 18 heteroatoms. The van der Waals surface area contributed by atoms with Crippen molar-refractivity contribution in [3.8, 4) is 0 Å². The Morgan fingerprint density at radius 2 is 1.12 bits per heavy atom. The number of pyridine rings is 2. The molecule has 15 nitrogen and oxygen atoms in total. The lowest BCUT2D eigenvalue weighted by atomic mass is 10.2. The van der Waals surface area contributed by atoms with Gasteiger partial charge in [-0.3, -0.25) is 32.9 Å². The Morgan fingerprint density at radius 1 is 0.650 bits per heavy atom. The Morgan fingerprint density at radius 3 is 1.55 bits per heavy atom. The summed E-state index contributed by atoms with van der Waals surface area (Å²) in [4.78, 5) is 41.5. The van der Waals surface area contributed by atoms with Gasteiger partial charge in [0, 0.05) is 75.9 Å². The lowest BCUT2D eigenvalue weighted by Crippen LogP contribution is -2.30. The molecule has 0 spiro atoms. The van der Waals surface area contributed by atoms with Crippen LogP contribution in [0.25, 0.3) is 0 Å². The van der Waals surface area contributed by atoms with Crippen molar-refractivity contribution in [3.05, 3.63) is 175 Å². The highest BCUT2D eigenvalue weighted by molar-refractivity contribution is 7.85. The molecule has 0 amide bonds. The number of nitrogens with zero attached hydrogens (tertiary/aromatic N) is 6. The summed E-state index contributed by atoms with van der Waals surface area (Å²) in [5, 5.41) is 9.77. The van der Waals surface area contributed by atoms with E-state index in [0.717, 1.165) is 24.2 Å². The van der Waals surface area contributed by atoms with Gasteiger partial charge in [-0.15, -0.1) is 0 Å². The van der Waals surface area contributed by atoms with Crippen molar-refractivity contribution in [1.82, 2.24) is 34.4 Å². The van der Waals surface area contributed by atoms with E-state index >= 15 is 0 Å². The Hall–Kier alpha value is -5.49. The first-order valence-electron chi connectivity index (χ1n) is 18.6. The molecule has 60 heavy (non-hydrogen) atoms. The van der Waals surface area contributed by atoms with Gasteiger partial charge in [0.15, 0.2) is 11.6 Å². The topological polar surface area (TPSA) is 201 Å². The molecule has 0 bridgehead atoms. The molecule has 0 aliphatic heterocycles. The summed E-state index contributed by atoms with van der Waals surface area (Å²) in [6, 6.07) is 31.5. The van der Waals surface area contributed by atoms with Crippen LogP contribution in [0, 0.1) is 0 Å². The minimum absolute atomic E-state index is 0. The maximum absolute atomic E-state index is 12.6. The lowest BCUT2D eigenvalue weighted by Gasteiger charge is -2.12. The summed E-state index contributed by atoms with van der Waals surface area (Å²) in [5.74, 6) is 0.438. The Kier molecular flexibility index (Phi) is 21.6. The minimum Gasteiger partial charge on any atom is -0.365 e. The van der Waals surface area contributed by atoms with Gasteiger partial charge < -0.3 is 21.7 Å². The summed E-state index contributed by atoms with van der Waals surface area (Å²) in [6.07, 6.45) is 8.56. The number of hydrogen-bond acceptors (Lipinski definition) is 13. The molecule has 0 unspecified atom stereocenters. The Labute approximate surface area is 361 Å². The van der Waals surface area contributed by atoms with E-state index in [0.29, 0.717) is 56.5 Å². The standard InChI is InChI=1S/C20H22ClN5O.C14H17ClN4O4S.C7H9N.CH4/c21-18-15-25-19(24-11-9-17-8-4-5-10-23-17)20(27)26(18)13-12-22-14-16-6-2-1-3-7-16;1-24(21,22)23-9-8-19-12(15)10-18-13(14(19)20)17-7-5-11-4-2-3-6-16-11;8-6-7-4-2-1-3-5-7;/h1-8,10,15,22H,9,11-14H2,(H,24,25);2-4,6,10H,5,7-9H2,1H3,(H,17,18);1-5H,6,8H2;1H4. The summed E-state index contributed by atoms with van der Waals surface area (Å²) in [5.41, 5.74) is 8.92. The van der Waals surface area contributed by atoms with Crippen LogP contribution in [0.4, 0.5) is 11.6 Å². The van der Waals surface area contributed by atoms with Crippen molar-refractivity contribution >= 4 is 45.0 Å². The minimum atomic E-state index is -3.57. The van der Waals surface area contributed by atoms with Gasteiger partial charge in [-0.25, -0.2) is 9.97 Å². The van der Waals surface area contributed by atoms with E-state index in [4.69, 9.17) is 28.9 Å². The summed E-state index contributed by atoms with van der Waals surface area (Å²) in [7, 11) is -3.57. The predicted octanol–water partition coefficient (Wildman–Crippen LogP) is 5.44. The van der Waals surface area contributed by atoms with Crippen LogP contribution in [0.5, 0.6) is 0 Å². The zero-order valence-electron chi connectivity index (χ0n) is 32.6. The molecule has 0 saturated heterocycles. The van der Waals surface area contributed by atoms with Crippen LogP contribution in [0.3, 0.4) is 0 Å². The van der Waals surface area contributed by atoms with Gasteiger partial charge in [-0.05, 0) is 35.4 Å². The van der Waals surface area contributed by atoms with Crippen LogP contribution in [-0.4, -0.2) is 70.0 Å². The van der Waals surface area contributed by atoms with Crippen molar-refractivity contribution in [2.24, 2.45) is 5.73 Å². The number of benzene rings is 2. The van der Waals surface area contributed by atoms with Crippen molar-refractivity contribution in [3.63, 3.8) is 0 Å². The Balaban J connectivity index is 0.000000268. The largest absolute Gasteiger partial charge is 0.365 e. The SMILES string of the molecule is C.CS(=O)(=O)OCCn1c(Cl)cnc(NCCc2ccccn2)c1=O.NCc1ccccc1.O=c1c(NCCc2ccccn2)ncc(Cl)n1CCNCc1ccccc1. The molecule has 0 aliphatic rings. The quantitative estimate of drug-likeness (QED) is 0.0629. The van der Waals surface area contributed by atoms with Crippen molar-refractivity contribution in [1.29, 1.82) is 0 Å². The molecule has 0 saturated carbocycles. The molecular formula is C42H52Cl2N10O5S. The van der Waals surface area contributed by atoms with Crippen molar-refractivity contribution in [2.45, 2.75) is 46.4 Å². The smallest absolute Gasteiger partial charge is 0.294 e. The number of nitrogens with two attached hydrogens (primary N) is 1. The molecule has 0 radical (unpaired) electrons. The van der Waals surface area contributed by atoms with E-state index in [2.05, 4.69) is 52.2 Å². The van der Waals surface area contributed by atoms with Gasteiger partial charge in [0.1, 0.15) is 10.3 Å². The van der Waals surface area contributed by atoms with Crippen LogP contribution < -0.4 is 32.8 Å². The second kappa shape index (κ2) is 26.6. The molecule has 0 atom stereocenters. The predicted molar refractivity (Wildman–Crippen MR) is 240 cm³/mol. The molecule has 320 valence electrons. The van der Waals surface area contributed by atoms with E-state index in [1.54, 1.807) is 12.4 Å². The summed E-state index contributed by atoms with van der Waals surface area (Å²) in [6.45, 7) is 3.36. The van der Waals surface area contributed by atoms with Crippen LogP contribution in [0.2, 0.25) is 10.3 Å². The van der Waals surface area contributed by atoms with Crippen LogP contribution >= 0.6 is 23.2 Å². The highest BCUT2D eigenvalue weighted by Gasteiger charge is 2.11. The fraction of sp³-hybridized carbons (Fsp3) is 0.286. The number of anilines is 2. The molecule has 6 aromatic rings. The molecule has 2 aromatic carbocycles. The second-order valence-corrected chi connectivity index (χ2v) is 15.1. The van der Waals surface area contributed by atoms with Gasteiger partial charge in [0.2, 0.25) is 0 Å². The van der Waals surface area contributed by atoms with E-state index in [1.807, 2.05) is 84.9 Å². The second-order valence-electron chi connectivity index (χ2n) is 12.6.